The molecule has 2 rings (SSSR count). The van der Waals surface area contributed by atoms with E-state index < -0.39 is 5.91 Å². The number of aryl methyl sites for hydroxylation is 1. The first-order valence-corrected chi connectivity index (χ1v) is 6.47. The number of amides is 1. The van der Waals surface area contributed by atoms with E-state index in [9.17, 15) is 4.79 Å². The van der Waals surface area contributed by atoms with Crippen LogP contribution in [0.2, 0.25) is 0 Å². The van der Waals surface area contributed by atoms with Crippen molar-refractivity contribution in [3.8, 4) is 5.88 Å². The topological polar surface area (TPSA) is 90.1 Å². The Kier molecular flexibility index (Phi) is 3.96. The molecule has 1 amide bonds. The lowest BCUT2D eigenvalue weighted by Gasteiger charge is -2.08. The first-order valence-electron chi connectivity index (χ1n) is 5.59. The number of ether oxygens (including phenoxy) is 1. The van der Waals surface area contributed by atoms with Crippen molar-refractivity contribution in [3.63, 3.8) is 0 Å². The van der Waals surface area contributed by atoms with Gasteiger partial charge in [0.2, 0.25) is 5.88 Å². The quantitative estimate of drug-likeness (QED) is 0.866. The third-order valence-corrected chi connectivity index (χ3v) is 3.27. The molecule has 2 heterocycles. The molecular formula is C12H14N4O2S. The van der Waals surface area contributed by atoms with E-state index >= 15 is 0 Å². The van der Waals surface area contributed by atoms with Crippen LogP contribution in [0.3, 0.4) is 0 Å². The Morgan fingerprint density at radius 1 is 1.58 bits per heavy atom. The van der Waals surface area contributed by atoms with Crippen LogP contribution in [-0.2, 0) is 6.54 Å². The van der Waals surface area contributed by atoms with E-state index in [0.29, 0.717) is 12.2 Å². The Bertz CT molecular complexity index is 597. The van der Waals surface area contributed by atoms with E-state index in [4.69, 9.17) is 10.5 Å². The molecule has 0 radical (unpaired) electrons. The summed E-state index contributed by atoms with van der Waals surface area (Å²) in [6.45, 7) is 2.52. The van der Waals surface area contributed by atoms with Crippen LogP contribution >= 0.6 is 11.3 Å². The van der Waals surface area contributed by atoms with Crippen LogP contribution in [0.25, 0.3) is 0 Å². The van der Waals surface area contributed by atoms with E-state index in [1.165, 1.54) is 7.11 Å². The summed E-state index contributed by atoms with van der Waals surface area (Å²) in [6, 6.07) is 1.62. The van der Waals surface area contributed by atoms with Crippen LogP contribution in [0.4, 0.5) is 5.69 Å². The Balaban J connectivity index is 2.12. The van der Waals surface area contributed by atoms with Crippen molar-refractivity contribution in [2.45, 2.75) is 13.5 Å². The zero-order valence-corrected chi connectivity index (χ0v) is 11.5. The maximum atomic E-state index is 11.3. The summed E-state index contributed by atoms with van der Waals surface area (Å²) in [4.78, 5) is 19.6. The number of carbonyl (C=O) groups is 1. The average molecular weight is 278 g/mol. The van der Waals surface area contributed by atoms with Gasteiger partial charge in [-0.2, -0.15) is 0 Å². The minimum absolute atomic E-state index is 0.225. The van der Waals surface area contributed by atoms with Crippen molar-refractivity contribution in [1.29, 1.82) is 0 Å². The number of thiazole rings is 1. The summed E-state index contributed by atoms with van der Waals surface area (Å²) in [5.41, 5.74) is 7.16. The van der Waals surface area contributed by atoms with Gasteiger partial charge in [0.15, 0.2) is 0 Å². The van der Waals surface area contributed by atoms with Gasteiger partial charge in [-0.05, 0) is 13.0 Å². The number of rotatable bonds is 5. The number of carbonyl (C=O) groups excluding carboxylic acids is 1. The Morgan fingerprint density at radius 3 is 2.95 bits per heavy atom. The molecule has 0 fully saturated rings. The third kappa shape index (κ3) is 3.19. The van der Waals surface area contributed by atoms with Gasteiger partial charge in [0, 0.05) is 5.38 Å². The van der Waals surface area contributed by atoms with E-state index in [1.807, 2.05) is 12.3 Å². The number of pyridine rings is 1. The zero-order valence-electron chi connectivity index (χ0n) is 10.6. The molecule has 7 heteroatoms. The minimum atomic E-state index is -0.572. The standard InChI is InChI=1S/C12H14N4O2S/c1-7-16-9(6-19-7)5-14-8-3-10(11(13)17)12(18-2)15-4-8/h3-4,6,14H,5H2,1-2H3,(H2,13,17). The number of nitrogens with zero attached hydrogens (tertiary/aromatic N) is 2. The van der Waals surface area contributed by atoms with Gasteiger partial charge in [-0.15, -0.1) is 11.3 Å². The summed E-state index contributed by atoms with van der Waals surface area (Å²) in [6.07, 6.45) is 1.59. The second kappa shape index (κ2) is 5.66. The highest BCUT2D eigenvalue weighted by Crippen LogP contribution is 2.19. The molecule has 0 unspecified atom stereocenters. The van der Waals surface area contributed by atoms with Crippen molar-refractivity contribution in [2.75, 3.05) is 12.4 Å². The molecule has 0 aliphatic heterocycles. The highest BCUT2D eigenvalue weighted by atomic mass is 32.1. The van der Waals surface area contributed by atoms with Crippen molar-refractivity contribution in [3.05, 3.63) is 33.9 Å². The smallest absolute Gasteiger partial charge is 0.254 e. The summed E-state index contributed by atoms with van der Waals surface area (Å²) in [5, 5.41) is 6.14. The number of anilines is 1. The molecule has 2 aromatic rings. The minimum Gasteiger partial charge on any atom is -0.480 e. The molecule has 6 nitrogen and oxygen atoms in total. The van der Waals surface area contributed by atoms with Gasteiger partial charge < -0.3 is 15.8 Å². The van der Waals surface area contributed by atoms with Crippen LogP contribution in [0, 0.1) is 6.92 Å². The van der Waals surface area contributed by atoms with Crippen molar-refractivity contribution in [1.82, 2.24) is 9.97 Å². The maximum Gasteiger partial charge on any atom is 0.254 e. The molecule has 0 aliphatic rings. The normalized spacial score (nSPS) is 10.2. The number of hydrogen-bond acceptors (Lipinski definition) is 6. The largest absolute Gasteiger partial charge is 0.480 e. The number of aromatic nitrogens is 2. The molecule has 0 aromatic carbocycles. The van der Waals surface area contributed by atoms with E-state index in [2.05, 4.69) is 15.3 Å². The van der Waals surface area contributed by atoms with Crippen molar-refractivity contribution in [2.24, 2.45) is 5.73 Å². The molecular weight excluding hydrogens is 264 g/mol. The molecule has 0 aliphatic carbocycles. The fraction of sp³-hybridized carbons (Fsp3) is 0.250. The number of nitrogens with two attached hydrogens (primary N) is 1. The Morgan fingerprint density at radius 2 is 2.37 bits per heavy atom. The van der Waals surface area contributed by atoms with Crippen molar-refractivity contribution >= 4 is 22.9 Å². The molecule has 100 valence electrons. The zero-order chi connectivity index (χ0) is 13.8. The molecule has 0 saturated heterocycles. The summed E-state index contributed by atoms with van der Waals surface area (Å²) in [5.74, 6) is -0.347. The molecule has 3 N–H and O–H groups in total. The summed E-state index contributed by atoms with van der Waals surface area (Å²) >= 11 is 1.59. The molecule has 0 bridgehead atoms. The fourth-order valence-electron chi connectivity index (χ4n) is 1.57. The van der Waals surface area contributed by atoms with Gasteiger partial charge >= 0.3 is 0 Å². The lowest BCUT2D eigenvalue weighted by atomic mass is 10.2. The monoisotopic (exact) mass is 278 g/mol. The predicted octanol–water partition coefficient (Wildman–Crippen LogP) is 1.57. The van der Waals surface area contributed by atoms with Gasteiger partial charge in [-0.25, -0.2) is 9.97 Å². The fourth-order valence-corrected chi connectivity index (χ4v) is 2.18. The van der Waals surface area contributed by atoms with Crippen LogP contribution in [-0.4, -0.2) is 23.0 Å². The predicted molar refractivity (Wildman–Crippen MR) is 73.5 cm³/mol. The van der Waals surface area contributed by atoms with Crippen LogP contribution < -0.4 is 15.8 Å². The van der Waals surface area contributed by atoms with Crippen LogP contribution in [0.15, 0.2) is 17.6 Å². The van der Waals surface area contributed by atoms with E-state index in [-0.39, 0.29) is 11.4 Å². The molecule has 19 heavy (non-hydrogen) atoms. The van der Waals surface area contributed by atoms with E-state index in [0.717, 1.165) is 10.7 Å². The van der Waals surface area contributed by atoms with Gasteiger partial charge in [0.1, 0.15) is 5.56 Å². The molecule has 0 spiro atoms. The second-order valence-corrected chi connectivity index (χ2v) is 4.92. The molecule has 0 saturated carbocycles. The summed E-state index contributed by atoms with van der Waals surface area (Å²) in [7, 11) is 1.44. The van der Waals surface area contributed by atoms with Gasteiger partial charge in [-0.3, -0.25) is 4.79 Å². The van der Waals surface area contributed by atoms with Gasteiger partial charge in [0.05, 0.1) is 36.2 Å². The first kappa shape index (κ1) is 13.3. The van der Waals surface area contributed by atoms with E-state index in [1.54, 1.807) is 23.6 Å². The molecule has 0 atom stereocenters. The average Bonchev–Trinajstić information content (AvgIpc) is 2.81. The second-order valence-electron chi connectivity index (χ2n) is 3.86. The highest BCUT2D eigenvalue weighted by Gasteiger charge is 2.11. The first-order chi connectivity index (χ1) is 9.10. The number of hydrogen-bond donors (Lipinski definition) is 2. The lowest BCUT2D eigenvalue weighted by Crippen LogP contribution is -2.14. The third-order valence-electron chi connectivity index (χ3n) is 2.45. The Hall–Kier alpha value is -2.15. The van der Waals surface area contributed by atoms with Crippen LogP contribution in [0.1, 0.15) is 21.1 Å². The van der Waals surface area contributed by atoms with Crippen molar-refractivity contribution < 1.29 is 9.53 Å². The van der Waals surface area contributed by atoms with Gasteiger partial charge in [-0.1, -0.05) is 0 Å². The number of methoxy groups -OCH3 is 1. The number of primary amides is 1. The number of nitrogens with one attached hydrogen (secondary N) is 1. The molecule has 2 aromatic heterocycles. The SMILES string of the molecule is COc1ncc(NCc2csc(C)n2)cc1C(N)=O. The van der Waals surface area contributed by atoms with Gasteiger partial charge in [0.25, 0.3) is 5.91 Å². The maximum absolute atomic E-state index is 11.3. The highest BCUT2D eigenvalue weighted by molar-refractivity contribution is 7.09. The summed E-state index contributed by atoms with van der Waals surface area (Å²) < 4.78 is 4.98. The lowest BCUT2D eigenvalue weighted by molar-refractivity contribution is 0.0996. The Labute approximate surface area is 114 Å². The van der Waals surface area contributed by atoms with Crippen LogP contribution in [0.5, 0.6) is 5.88 Å².